The van der Waals surface area contributed by atoms with E-state index < -0.39 is 5.60 Å². The van der Waals surface area contributed by atoms with Crippen molar-refractivity contribution in [1.82, 2.24) is 14.9 Å². The summed E-state index contributed by atoms with van der Waals surface area (Å²) in [6.45, 7) is 7.20. The van der Waals surface area contributed by atoms with Crippen LogP contribution < -0.4 is 5.73 Å². The highest BCUT2D eigenvalue weighted by atomic mass is 16.6. The Labute approximate surface area is 119 Å². The van der Waals surface area contributed by atoms with Gasteiger partial charge in [-0.3, -0.25) is 0 Å². The molecule has 1 amide bonds. The van der Waals surface area contributed by atoms with E-state index in [1.54, 1.807) is 4.90 Å². The van der Waals surface area contributed by atoms with Gasteiger partial charge in [-0.15, -0.1) is 0 Å². The number of rotatable bonds is 1. The van der Waals surface area contributed by atoms with Crippen molar-refractivity contribution in [3.05, 3.63) is 23.3 Å². The van der Waals surface area contributed by atoms with Gasteiger partial charge in [0.1, 0.15) is 11.4 Å². The summed E-state index contributed by atoms with van der Waals surface area (Å²) in [6, 6.07) is 0. The van der Waals surface area contributed by atoms with E-state index in [9.17, 15) is 4.79 Å². The molecule has 0 bridgehead atoms. The first kappa shape index (κ1) is 14.7. The third-order valence-electron chi connectivity index (χ3n) is 3.11. The molecule has 1 aliphatic rings. The number of fused-ring (bicyclic) bond motifs is 1. The minimum Gasteiger partial charge on any atom is -0.444 e. The van der Waals surface area contributed by atoms with Crippen LogP contribution in [0.25, 0.3) is 0 Å². The Hall–Kier alpha value is -1.69. The second-order valence-corrected chi connectivity index (χ2v) is 5.93. The third-order valence-corrected chi connectivity index (χ3v) is 3.11. The van der Waals surface area contributed by atoms with Gasteiger partial charge >= 0.3 is 6.09 Å². The number of carbonyl (C=O) groups excluding carboxylic acids is 1. The van der Waals surface area contributed by atoms with Gasteiger partial charge in [-0.1, -0.05) is 0 Å². The lowest BCUT2D eigenvalue weighted by molar-refractivity contribution is 0.0258. The molecule has 1 aromatic rings. The maximum absolute atomic E-state index is 12.1. The molecule has 1 aromatic heterocycles. The van der Waals surface area contributed by atoms with Crippen molar-refractivity contribution >= 4 is 6.09 Å². The van der Waals surface area contributed by atoms with E-state index in [1.807, 2.05) is 27.0 Å². The molecule has 0 saturated heterocycles. The smallest absolute Gasteiger partial charge is 0.410 e. The highest BCUT2D eigenvalue weighted by Crippen LogP contribution is 2.16. The van der Waals surface area contributed by atoms with Gasteiger partial charge in [0, 0.05) is 31.4 Å². The Morgan fingerprint density at radius 3 is 2.75 bits per heavy atom. The van der Waals surface area contributed by atoms with Crippen molar-refractivity contribution < 1.29 is 9.53 Å². The minimum atomic E-state index is -0.469. The molecule has 0 saturated carbocycles. The Balaban J connectivity index is 2.06. The van der Waals surface area contributed by atoms with Crippen LogP contribution in [0.3, 0.4) is 0 Å². The lowest BCUT2D eigenvalue weighted by Crippen LogP contribution is -2.38. The van der Waals surface area contributed by atoms with E-state index in [4.69, 9.17) is 10.5 Å². The summed E-state index contributed by atoms with van der Waals surface area (Å²) in [5, 5.41) is 0. The molecule has 0 spiro atoms. The molecule has 0 fully saturated rings. The number of nitrogens with two attached hydrogens (primary N) is 1. The summed E-state index contributed by atoms with van der Waals surface area (Å²) in [6.07, 6.45) is 3.02. The van der Waals surface area contributed by atoms with Crippen molar-refractivity contribution in [3.63, 3.8) is 0 Å². The Bertz CT molecular complexity index is 496. The number of carbonyl (C=O) groups is 1. The van der Waals surface area contributed by atoms with E-state index >= 15 is 0 Å². The van der Waals surface area contributed by atoms with Crippen molar-refractivity contribution in [1.29, 1.82) is 0 Å². The molecule has 6 nitrogen and oxygen atoms in total. The topological polar surface area (TPSA) is 81.3 Å². The number of amides is 1. The number of ether oxygens (including phenoxy) is 1. The lowest BCUT2D eigenvalue weighted by Gasteiger charge is -2.26. The van der Waals surface area contributed by atoms with Crippen molar-refractivity contribution in [3.8, 4) is 0 Å². The zero-order valence-electron chi connectivity index (χ0n) is 12.3. The van der Waals surface area contributed by atoms with Gasteiger partial charge in [0.2, 0.25) is 0 Å². The van der Waals surface area contributed by atoms with E-state index in [0.717, 1.165) is 17.7 Å². The maximum Gasteiger partial charge on any atom is 0.410 e. The molecule has 110 valence electrons. The van der Waals surface area contributed by atoms with Crippen LogP contribution in [0.15, 0.2) is 6.20 Å². The van der Waals surface area contributed by atoms with Crippen LogP contribution in [-0.2, 0) is 24.1 Å². The van der Waals surface area contributed by atoms with Crippen molar-refractivity contribution in [2.75, 3.05) is 13.1 Å². The number of nitrogens with zero attached hydrogens (tertiary/aromatic N) is 3. The molecule has 1 aliphatic heterocycles. The van der Waals surface area contributed by atoms with Gasteiger partial charge in [0.15, 0.2) is 0 Å². The number of hydrogen-bond acceptors (Lipinski definition) is 5. The van der Waals surface area contributed by atoms with Crippen LogP contribution in [0.4, 0.5) is 4.79 Å². The van der Waals surface area contributed by atoms with Gasteiger partial charge in [0.25, 0.3) is 0 Å². The second kappa shape index (κ2) is 5.75. The summed E-state index contributed by atoms with van der Waals surface area (Å²) in [4.78, 5) is 22.5. The first-order valence-electron chi connectivity index (χ1n) is 6.91. The average Bonchev–Trinajstić information content (AvgIpc) is 2.58. The normalized spacial score (nSPS) is 15.5. The van der Waals surface area contributed by atoms with Crippen molar-refractivity contribution in [2.45, 2.75) is 45.8 Å². The van der Waals surface area contributed by atoms with E-state index in [0.29, 0.717) is 31.9 Å². The summed E-state index contributed by atoms with van der Waals surface area (Å²) in [5.41, 5.74) is 7.17. The standard InChI is InChI=1S/C14H22N4O2/c1-14(2,3)20-13(19)18-6-4-10-9-16-12(8-15)17-11(10)5-7-18/h9H,4-8,15H2,1-3H3. The van der Waals surface area contributed by atoms with Crippen LogP contribution >= 0.6 is 0 Å². The molecule has 0 radical (unpaired) electrons. The summed E-state index contributed by atoms with van der Waals surface area (Å²) >= 11 is 0. The lowest BCUT2D eigenvalue weighted by atomic mass is 10.1. The van der Waals surface area contributed by atoms with Crippen LogP contribution in [0, 0.1) is 0 Å². The Morgan fingerprint density at radius 2 is 2.10 bits per heavy atom. The second-order valence-electron chi connectivity index (χ2n) is 5.93. The zero-order chi connectivity index (χ0) is 14.8. The Kier molecular flexibility index (Phi) is 4.23. The molecule has 0 aromatic carbocycles. The number of hydrogen-bond donors (Lipinski definition) is 1. The first-order valence-corrected chi connectivity index (χ1v) is 6.91. The molecule has 2 N–H and O–H groups in total. The molecule has 0 aliphatic carbocycles. The quantitative estimate of drug-likeness (QED) is 0.836. The van der Waals surface area contributed by atoms with E-state index in [1.165, 1.54) is 0 Å². The zero-order valence-corrected chi connectivity index (χ0v) is 12.3. The molecule has 6 heteroatoms. The van der Waals surface area contributed by atoms with Crippen LogP contribution in [0.1, 0.15) is 37.9 Å². The highest BCUT2D eigenvalue weighted by molar-refractivity contribution is 5.68. The van der Waals surface area contributed by atoms with Crippen molar-refractivity contribution in [2.24, 2.45) is 5.73 Å². The van der Waals surface area contributed by atoms with Gasteiger partial charge < -0.3 is 15.4 Å². The molecule has 20 heavy (non-hydrogen) atoms. The fourth-order valence-electron chi connectivity index (χ4n) is 2.12. The minimum absolute atomic E-state index is 0.266. The Morgan fingerprint density at radius 1 is 1.40 bits per heavy atom. The highest BCUT2D eigenvalue weighted by Gasteiger charge is 2.24. The van der Waals surface area contributed by atoms with Crippen LogP contribution in [0.5, 0.6) is 0 Å². The largest absolute Gasteiger partial charge is 0.444 e. The summed E-state index contributed by atoms with van der Waals surface area (Å²) in [7, 11) is 0. The summed E-state index contributed by atoms with van der Waals surface area (Å²) in [5.74, 6) is 0.648. The maximum atomic E-state index is 12.1. The summed E-state index contributed by atoms with van der Waals surface area (Å²) < 4.78 is 5.41. The van der Waals surface area contributed by atoms with Crippen LogP contribution in [-0.4, -0.2) is 39.7 Å². The molecule has 2 heterocycles. The monoisotopic (exact) mass is 278 g/mol. The SMILES string of the molecule is CC(C)(C)OC(=O)N1CCc2cnc(CN)nc2CC1. The predicted octanol–water partition coefficient (Wildman–Crippen LogP) is 1.27. The molecular weight excluding hydrogens is 256 g/mol. The van der Waals surface area contributed by atoms with Gasteiger partial charge in [-0.05, 0) is 32.8 Å². The average molecular weight is 278 g/mol. The first-order chi connectivity index (χ1) is 9.39. The molecule has 0 atom stereocenters. The van der Waals surface area contributed by atoms with E-state index in [2.05, 4.69) is 9.97 Å². The predicted molar refractivity (Wildman–Crippen MR) is 75.1 cm³/mol. The van der Waals surface area contributed by atoms with E-state index in [-0.39, 0.29) is 6.09 Å². The van der Waals surface area contributed by atoms with Gasteiger partial charge in [0.05, 0.1) is 6.54 Å². The fourth-order valence-corrected chi connectivity index (χ4v) is 2.12. The molecule has 2 rings (SSSR count). The molecule has 0 unspecified atom stereocenters. The number of aromatic nitrogens is 2. The van der Waals surface area contributed by atoms with Gasteiger partial charge in [-0.2, -0.15) is 0 Å². The van der Waals surface area contributed by atoms with Crippen LogP contribution in [0.2, 0.25) is 0 Å². The molecular formula is C14H22N4O2. The van der Waals surface area contributed by atoms with Gasteiger partial charge in [-0.25, -0.2) is 14.8 Å². The fraction of sp³-hybridized carbons (Fsp3) is 0.643. The third kappa shape index (κ3) is 3.66.